The number of ether oxygens (including phenoxy) is 1. The van der Waals surface area contributed by atoms with E-state index in [9.17, 15) is 9.59 Å². The van der Waals surface area contributed by atoms with Gasteiger partial charge in [0.15, 0.2) is 0 Å². The topological polar surface area (TPSA) is 92.6 Å². The summed E-state index contributed by atoms with van der Waals surface area (Å²) in [6.45, 7) is 3.51. The Hall–Kier alpha value is -3.95. The Morgan fingerprint density at radius 1 is 1.27 bits per heavy atom. The Morgan fingerprint density at radius 3 is 2.91 bits per heavy atom. The number of benzene rings is 1. The molecule has 1 fully saturated rings. The van der Waals surface area contributed by atoms with Gasteiger partial charge in [0.05, 0.1) is 55.1 Å². The van der Waals surface area contributed by atoms with E-state index in [0.717, 1.165) is 17.0 Å². The van der Waals surface area contributed by atoms with Gasteiger partial charge in [-0.15, -0.1) is 0 Å². The number of anilines is 2. The fourth-order valence-corrected chi connectivity index (χ4v) is 4.18. The SMILES string of the molecule is CC(=O)NC[C@H]1CN(c2ccc(N3Cc4cnn(Cc5ccccn5)c4C3)c(F)c2)C(=O)O1. The molecule has 10 heteroatoms. The molecule has 2 aliphatic heterocycles. The van der Waals surface area contributed by atoms with Gasteiger partial charge in [0.1, 0.15) is 11.9 Å². The predicted octanol–water partition coefficient (Wildman–Crippen LogP) is 2.45. The van der Waals surface area contributed by atoms with Gasteiger partial charge in [-0.3, -0.25) is 19.4 Å². The number of fused-ring (bicyclic) bond motifs is 1. The molecule has 0 aliphatic carbocycles. The molecule has 170 valence electrons. The van der Waals surface area contributed by atoms with Gasteiger partial charge in [-0.2, -0.15) is 5.10 Å². The zero-order valence-corrected chi connectivity index (χ0v) is 18.1. The van der Waals surface area contributed by atoms with Crippen molar-refractivity contribution in [3.05, 3.63) is 71.6 Å². The summed E-state index contributed by atoms with van der Waals surface area (Å²) in [4.78, 5) is 31.0. The van der Waals surface area contributed by atoms with Crippen LogP contribution in [0.15, 0.2) is 48.8 Å². The highest BCUT2D eigenvalue weighted by Gasteiger charge is 2.33. The zero-order valence-electron chi connectivity index (χ0n) is 18.1. The van der Waals surface area contributed by atoms with Gasteiger partial charge in [0.25, 0.3) is 0 Å². The number of carbonyl (C=O) groups excluding carboxylic acids is 2. The van der Waals surface area contributed by atoms with Crippen LogP contribution in [-0.4, -0.2) is 46.0 Å². The maximum atomic E-state index is 15.1. The molecule has 1 aromatic carbocycles. The van der Waals surface area contributed by atoms with Crippen LogP contribution in [0.5, 0.6) is 0 Å². The fourth-order valence-electron chi connectivity index (χ4n) is 4.18. The molecule has 0 saturated carbocycles. The molecule has 0 spiro atoms. The lowest BCUT2D eigenvalue weighted by atomic mass is 10.2. The number of rotatable bonds is 6. The summed E-state index contributed by atoms with van der Waals surface area (Å²) in [7, 11) is 0. The van der Waals surface area contributed by atoms with Crippen LogP contribution in [0.4, 0.5) is 20.6 Å². The van der Waals surface area contributed by atoms with Crippen LogP contribution in [0.2, 0.25) is 0 Å². The molecule has 4 heterocycles. The summed E-state index contributed by atoms with van der Waals surface area (Å²) in [5.74, 6) is -0.616. The van der Waals surface area contributed by atoms with E-state index in [1.54, 1.807) is 18.3 Å². The number of nitrogens with one attached hydrogen (secondary N) is 1. The standard InChI is InChI=1S/C23H23FN6O3/c1-15(31)26-10-19-13-29(23(32)33-19)18-5-6-21(20(24)8-18)28-11-16-9-27-30(22(16)14-28)12-17-4-2-3-7-25-17/h2-9,19H,10-14H2,1H3,(H,26,31)/t19-/m0/s1. The number of amides is 2. The summed E-state index contributed by atoms with van der Waals surface area (Å²) in [5.41, 5.74) is 3.88. The average molecular weight is 450 g/mol. The largest absolute Gasteiger partial charge is 0.442 e. The number of halogens is 1. The van der Waals surface area contributed by atoms with Gasteiger partial charge in [0.2, 0.25) is 5.91 Å². The van der Waals surface area contributed by atoms with Crippen LogP contribution in [0.3, 0.4) is 0 Å². The first-order valence-corrected chi connectivity index (χ1v) is 10.7. The zero-order chi connectivity index (χ0) is 22.9. The summed E-state index contributed by atoms with van der Waals surface area (Å²) < 4.78 is 22.3. The minimum absolute atomic E-state index is 0.199. The van der Waals surface area contributed by atoms with Crippen molar-refractivity contribution in [2.24, 2.45) is 0 Å². The third-order valence-electron chi connectivity index (χ3n) is 5.81. The fraction of sp³-hybridized carbons (Fsp3) is 0.304. The lowest BCUT2D eigenvalue weighted by Gasteiger charge is -2.21. The molecule has 5 rings (SSSR count). The smallest absolute Gasteiger partial charge is 0.414 e. The first kappa shape index (κ1) is 20.9. The maximum absolute atomic E-state index is 15.1. The van der Waals surface area contributed by atoms with Crippen molar-refractivity contribution in [2.45, 2.75) is 32.7 Å². The lowest BCUT2D eigenvalue weighted by Crippen LogP contribution is -2.33. The number of carbonyl (C=O) groups is 2. The Bertz CT molecular complexity index is 1200. The predicted molar refractivity (Wildman–Crippen MR) is 118 cm³/mol. The van der Waals surface area contributed by atoms with Gasteiger partial charge < -0.3 is 15.0 Å². The first-order valence-electron chi connectivity index (χ1n) is 10.7. The molecule has 0 radical (unpaired) electrons. The summed E-state index contributed by atoms with van der Waals surface area (Å²) in [6.07, 6.45) is 2.54. The van der Waals surface area contributed by atoms with E-state index in [0.29, 0.717) is 31.0 Å². The van der Waals surface area contributed by atoms with E-state index in [-0.39, 0.29) is 19.0 Å². The molecular formula is C23H23FN6O3. The normalized spacial score (nSPS) is 17.3. The summed E-state index contributed by atoms with van der Waals surface area (Å²) >= 11 is 0. The minimum atomic E-state index is -0.555. The second-order valence-electron chi connectivity index (χ2n) is 8.14. The van der Waals surface area contributed by atoms with Crippen molar-refractivity contribution in [1.29, 1.82) is 0 Å². The van der Waals surface area contributed by atoms with Crippen molar-refractivity contribution < 1.29 is 18.7 Å². The molecule has 2 aliphatic rings. The quantitative estimate of drug-likeness (QED) is 0.620. The van der Waals surface area contributed by atoms with E-state index >= 15 is 4.39 Å². The third-order valence-corrected chi connectivity index (χ3v) is 5.81. The molecule has 1 atom stereocenters. The van der Waals surface area contributed by atoms with Crippen LogP contribution in [-0.2, 0) is 29.2 Å². The number of hydrogen-bond acceptors (Lipinski definition) is 6. The Labute approximate surface area is 189 Å². The minimum Gasteiger partial charge on any atom is -0.442 e. The highest BCUT2D eigenvalue weighted by atomic mass is 19.1. The molecule has 33 heavy (non-hydrogen) atoms. The Kier molecular flexibility index (Phi) is 5.41. The number of cyclic esters (lactones) is 1. The molecule has 2 amide bonds. The number of nitrogens with zero attached hydrogens (tertiary/aromatic N) is 5. The molecule has 1 N–H and O–H groups in total. The Balaban J connectivity index is 1.28. The molecule has 0 bridgehead atoms. The van der Waals surface area contributed by atoms with E-state index in [4.69, 9.17) is 4.74 Å². The maximum Gasteiger partial charge on any atom is 0.414 e. The number of aromatic nitrogens is 3. The summed E-state index contributed by atoms with van der Waals surface area (Å²) in [6, 6.07) is 10.5. The Morgan fingerprint density at radius 2 is 2.15 bits per heavy atom. The van der Waals surface area contributed by atoms with Gasteiger partial charge >= 0.3 is 6.09 Å². The van der Waals surface area contributed by atoms with Gasteiger partial charge in [0, 0.05) is 25.2 Å². The van der Waals surface area contributed by atoms with E-state index in [2.05, 4.69) is 15.4 Å². The average Bonchev–Trinajstić information content (AvgIpc) is 3.48. The van der Waals surface area contributed by atoms with Crippen LogP contribution in [0, 0.1) is 5.82 Å². The third kappa shape index (κ3) is 4.23. The number of pyridine rings is 1. The van der Waals surface area contributed by atoms with Crippen LogP contribution in [0.1, 0.15) is 23.9 Å². The first-order chi connectivity index (χ1) is 16.0. The molecule has 9 nitrogen and oxygen atoms in total. The van der Waals surface area contributed by atoms with Crippen LogP contribution < -0.4 is 15.1 Å². The second-order valence-corrected chi connectivity index (χ2v) is 8.14. The van der Waals surface area contributed by atoms with Crippen molar-refractivity contribution in [2.75, 3.05) is 22.9 Å². The molecule has 0 unspecified atom stereocenters. The monoisotopic (exact) mass is 450 g/mol. The van der Waals surface area contributed by atoms with Gasteiger partial charge in [-0.1, -0.05) is 6.07 Å². The highest BCUT2D eigenvalue weighted by Crippen LogP contribution is 2.33. The van der Waals surface area contributed by atoms with Gasteiger partial charge in [-0.05, 0) is 30.3 Å². The molecule has 1 saturated heterocycles. The lowest BCUT2D eigenvalue weighted by molar-refractivity contribution is -0.119. The molecule has 3 aromatic rings. The van der Waals surface area contributed by atoms with Crippen molar-refractivity contribution in [3.63, 3.8) is 0 Å². The van der Waals surface area contributed by atoms with Crippen molar-refractivity contribution in [3.8, 4) is 0 Å². The van der Waals surface area contributed by atoms with Crippen LogP contribution >= 0.6 is 0 Å². The van der Waals surface area contributed by atoms with E-state index < -0.39 is 18.0 Å². The summed E-state index contributed by atoms with van der Waals surface area (Å²) in [5, 5.41) is 7.09. The van der Waals surface area contributed by atoms with Crippen LogP contribution in [0.25, 0.3) is 0 Å². The molecular weight excluding hydrogens is 427 g/mol. The van der Waals surface area contributed by atoms with Crippen molar-refractivity contribution in [1.82, 2.24) is 20.1 Å². The van der Waals surface area contributed by atoms with E-state index in [1.165, 1.54) is 17.9 Å². The van der Waals surface area contributed by atoms with Crippen molar-refractivity contribution >= 4 is 23.4 Å². The molecule has 2 aromatic heterocycles. The van der Waals surface area contributed by atoms with E-state index in [1.807, 2.05) is 34.0 Å². The highest BCUT2D eigenvalue weighted by molar-refractivity contribution is 5.90. The van der Waals surface area contributed by atoms with Gasteiger partial charge in [-0.25, -0.2) is 9.18 Å². The second kappa shape index (κ2) is 8.53. The number of hydrogen-bond donors (Lipinski definition) is 1.